The number of carbonyl (C=O) groups is 2. The van der Waals surface area contributed by atoms with Crippen molar-refractivity contribution in [3.8, 4) is 0 Å². The number of rotatable bonds is 8. The van der Waals surface area contributed by atoms with Gasteiger partial charge in [0.2, 0.25) is 0 Å². The molecule has 0 fully saturated rings. The van der Waals surface area contributed by atoms with Gasteiger partial charge in [-0.25, -0.2) is 8.42 Å². The van der Waals surface area contributed by atoms with Crippen LogP contribution < -0.4 is 10.6 Å². The Morgan fingerprint density at radius 2 is 1.78 bits per heavy atom. The normalized spacial score (nSPS) is 12.4. The van der Waals surface area contributed by atoms with Gasteiger partial charge in [-0.15, -0.1) is 11.3 Å². The van der Waals surface area contributed by atoms with Gasteiger partial charge in [0, 0.05) is 20.2 Å². The summed E-state index contributed by atoms with van der Waals surface area (Å²) in [7, 11) is -2.23. The van der Waals surface area contributed by atoms with Crippen molar-refractivity contribution in [1.29, 1.82) is 0 Å². The van der Waals surface area contributed by atoms with Crippen molar-refractivity contribution in [2.75, 3.05) is 26.8 Å². The number of ether oxygens (including phenoxy) is 1. The summed E-state index contributed by atoms with van der Waals surface area (Å²) in [4.78, 5) is 23.7. The third-order valence-electron chi connectivity index (χ3n) is 3.85. The van der Waals surface area contributed by atoms with E-state index in [2.05, 4.69) is 10.6 Å². The standard InChI is InChI=1S/C18H22N2O5S2/c1-13-5-7-14(8-6-13)15(27(23,24)16-4-3-11-26-16)12-20-18(22)17(21)19-9-10-25-2/h3-8,11,15H,9-10,12H2,1-2H3,(H,19,21)(H,20,22)/t15-/m0/s1. The Labute approximate surface area is 162 Å². The van der Waals surface area contributed by atoms with Crippen molar-refractivity contribution in [2.45, 2.75) is 16.4 Å². The smallest absolute Gasteiger partial charge is 0.309 e. The summed E-state index contributed by atoms with van der Waals surface area (Å²) in [6, 6.07) is 10.2. The molecule has 0 bridgehead atoms. The lowest BCUT2D eigenvalue weighted by molar-refractivity contribution is -0.139. The van der Waals surface area contributed by atoms with Crippen LogP contribution in [0.5, 0.6) is 0 Å². The van der Waals surface area contributed by atoms with Crippen molar-refractivity contribution in [3.63, 3.8) is 0 Å². The van der Waals surface area contributed by atoms with Crippen LogP contribution in [0.4, 0.5) is 0 Å². The molecule has 9 heteroatoms. The molecule has 2 aromatic rings. The van der Waals surface area contributed by atoms with Crippen LogP contribution in [0.15, 0.2) is 46.0 Å². The first-order valence-corrected chi connectivity index (χ1v) is 10.7. The average Bonchev–Trinajstić information content (AvgIpc) is 3.18. The van der Waals surface area contributed by atoms with Crippen LogP contribution in [0.1, 0.15) is 16.4 Å². The first-order valence-electron chi connectivity index (χ1n) is 8.25. The van der Waals surface area contributed by atoms with Gasteiger partial charge in [0.15, 0.2) is 9.84 Å². The fraction of sp³-hybridized carbons (Fsp3) is 0.333. The van der Waals surface area contributed by atoms with Crippen LogP contribution >= 0.6 is 11.3 Å². The molecule has 1 heterocycles. The Kier molecular flexibility index (Phi) is 7.52. The molecule has 0 saturated carbocycles. The zero-order valence-corrected chi connectivity index (χ0v) is 16.7. The van der Waals surface area contributed by atoms with E-state index in [9.17, 15) is 18.0 Å². The molecular weight excluding hydrogens is 388 g/mol. The number of carbonyl (C=O) groups excluding carboxylic acids is 2. The number of amides is 2. The van der Waals surface area contributed by atoms with Gasteiger partial charge in [0.05, 0.1) is 6.61 Å². The summed E-state index contributed by atoms with van der Waals surface area (Å²) in [6.45, 7) is 2.16. The Bertz CT molecular complexity index is 862. The minimum Gasteiger partial charge on any atom is -0.383 e. The van der Waals surface area contributed by atoms with Crippen molar-refractivity contribution in [2.24, 2.45) is 0 Å². The SMILES string of the molecule is COCCNC(=O)C(=O)NC[C@@H](c1ccc(C)cc1)S(=O)(=O)c1cccs1. The molecule has 2 amide bonds. The van der Waals surface area contributed by atoms with Gasteiger partial charge >= 0.3 is 11.8 Å². The van der Waals surface area contributed by atoms with Crippen LogP contribution in [-0.4, -0.2) is 47.0 Å². The Hall–Kier alpha value is -2.23. The maximum absolute atomic E-state index is 13.0. The number of sulfone groups is 1. The zero-order chi connectivity index (χ0) is 19.9. The van der Waals surface area contributed by atoms with Gasteiger partial charge in [-0.05, 0) is 23.9 Å². The molecule has 0 aliphatic carbocycles. The second-order valence-electron chi connectivity index (χ2n) is 5.84. The number of methoxy groups -OCH3 is 1. The Balaban J connectivity index is 2.17. The molecule has 0 aliphatic heterocycles. The maximum atomic E-state index is 13.0. The third kappa shape index (κ3) is 5.62. The summed E-state index contributed by atoms with van der Waals surface area (Å²) in [5.41, 5.74) is 1.54. The molecule has 1 aromatic heterocycles. The van der Waals surface area contributed by atoms with Crippen molar-refractivity contribution >= 4 is 33.0 Å². The highest BCUT2D eigenvalue weighted by atomic mass is 32.2. The molecule has 7 nitrogen and oxygen atoms in total. The number of nitrogens with one attached hydrogen (secondary N) is 2. The second kappa shape index (κ2) is 9.63. The monoisotopic (exact) mass is 410 g/mol. The molecule has 0 unspecified atom stereocenters. The summed E-state index contributed by atoms with van der Waals surface area (Å²) in [5.74, 6) is -1.71. The van der Waals surface area contributed by atoms with Crippen LogP contribution in [-0.2, 0) is 24.2 Å². The van der Waals surface area contributed by atoms with Gasteiger partial charge in [0.25, 0.3) is 0 Å². The van der Waals surface area contributed by atoms with E-state index in [4.69, 9.17) is 4.74 Å². The Morgan fingerprint density at radius 3 is 2.37 bits per heavy atom. The van der Waals surface area contributed by atoms with Gasteiger partial charge in [0.1, 0.15) is 9.46 Å². The molecule has 0 spiro atoms. The number of hydrogen-bond donors (Lipinski definition) is 2. The molecule has 1 aromatic carbocycles. The fourth-order valence-electron chi connectivity index (χ4n) is 2.37. The number of benzene rings is 1. The van der Waals surface area contributed by atoms with Crippen LogP contribution in [0.2, 0.25) is 0 Å². The molecular formula is C18H22N2O5S2. The van der Waals surface area contributed by atoms with E-state index in [0.29, 0.717) is 5.56 Å². The summed E-state index contributed by atoms with van der Waals surface area (Å²) < 4.78 is 31.0. The predicted molar refractivity (Wildman–Crippen MR) is 103 cm³/mol. The van der Waals surface area contributed by atoms with Crippen LogP contribution in [0.25, 0.3) is 0 Å². The topological polar surface area (TPSA) is 102 Å². The van der Waals surface area contributed by atoms with Crippen LogP contribution in [0.3, 0.4) is 0 Å². The van der Waals surface area contributed by atoms with E-state index in [1.165, 1.54) is 13.2 Å². The summed E-state index contributed by atoms with van der Waals surface area (Å²) >= 11 is 1.12. The predicted octanol–water partition coefficient (Wildman–Crippen LogP) is 1.45. The first kappa shape index (κ1) is 21.1. The number of hydrogen-bond acceptors (Lipinski definition) is 6. The van der Waals surface area contributed by atoms with E-state index in [0.717, 1.165) is 16.9 Å². The zero-order valence-electron chi connectivity index (χ0n) is 15.1. The lowest BCUT2D eigenvalue weighted by Gasteiger charge is -2.18. The van der Waals surface area contributed by atoms with Gasteiger partial charge < -0.3 is 15.4 Å². The summed E-state index contributed by atoms with van der Waals surface area (Å²) in [5, 5.41) is 5.51. The van der Waals surface area contributed by atoms with E-state index in [1.807, 2.05) is 19.1 Å². The van der Waals surface area contributed by atoms with Gasteiger partial charge in [-0.3, -0.25) is 9.59 Å². The molecule has 2 rings (SSSR count). The molecule has 0 radical (unpaired) electrons. The minimum absolute atomic E-state index is 0.192. The fourth-order valence-corrected chi connectivity index (χ4v) is 5.23. The molecule has 1 atom stereocenters. The highest BCUT2D eigenvalue weighted by Gasteiger charge is 2.31. The number of thiophene rings is 1. The lowest BCUT2D eigenvalue weighted by atomic mass is 10.1. The largest absolute Gasteiger partial charge is 0.383 e. The molecule has 146 valence electrons. The maximum Gasteiger partial charge on any atom is 0.309 e. The van der Waals surface area contributed by atoms with E-state index in [1.54, 1.807) is 23.6 Å². The van der Waals surface area contributed by atoms with E-state index >= 15 is 0 Å². The minimum atomic E-state index is -3.71. The third-order valence-corrected chi connectivity index (χ3v) is 7.38. The van der Waals surface area contributed by atoms with Crippen LogP contribution in [0, 0.1) is 6.92 Å². The molecule has 0 aliphatic rings. The molecule has 2 N–H and O–H groups in total. The first-order chi connectivity index (χ1) is 12.9. The summed E-state index contributed by atoms with van der Waals surface area (Å²) in [6.07, 6.45) is 0. The number of aryl methyl sites for hydroxylation is 1. The molecule has 0 saturated heterocycles. The van der Waals surface area contributed by atoms with Crippen molar-refractivity contribution in [1.82, 2.24) is 10.6 Å². The Morgan fingerprint density at radius 1 is 1.11 bits per heavy atom. The van der Waals surface area contributed by atoms with E-state index in [-0.39, 0.29) is 23.9 Å². The molecule has 27 heavy (non-hydrogen) atoms. The van der Waals surface area contributed by atoms with Crippen molar-refractivity contribution in [3.05, 3.63) is 52.9 Å². The second-order valence-corrected chi connectivity index (χ2v) is 9.14. The van der Waals surface area contributed by atoms with Gasteiger partial charge in [-0.1, -0.05) is 35.9 Å². The highest BCUT2D eigenvalue weighted by Crippen LogP contribution is 2.31. The van der Waals surface area contributed by atoms with Crippen molar-refractivity contribution < 1.29 is 22.7 Å². The van der Waals surface area contributed by atoms with E-state index < -0.39 is 26.9 Å². The highest BCUT2D eigenvalue weighted by molar-refractivity contribution is 7.93. The quantitative estimate of drug-likeness (QED) is 0.507. The van der Waals surface area contributed by atoms with Gasteiger partial charge in [-0.2, -0.15) is 0 Å². The average molecular weight is 411 g/mol. The lowest BCUT2D eigenvalue weighted by Crippen LogP contribution is -2.43.